The first-order valence-corrected chi connectivity index (χ1v) is 9.83. The molecule has 154 valence electrons. The van der Waals surface area contributed by atoms with Crippen LogP contribution in [-0.2, 0) is 4.79 Å². The van der Waals surface area contributed by atoms with Gasteiger partial charge in [-0.05, 0) is 49.2 Å². The maximum atomic E-state index is 13.7. The van der Waals surface area contributed by atoms with E-state index < -0.39 is 0 Å². The molecule has 2 aromatic carbocycles. The summed E-state index contributed by atoms with van der Waals surface area (Å²) < 4.78 is 32.2. The predicted molar refractivity (Wildman–Crippen MR) is 108 cm³/mol. The van der Waals surface area contributed by atoms with E-state index in [1.165, 1.54) is 36.4 Å². The summed E-state index contributed by atoms with van der Waals surface area (Å²) in [6.45, 7) is 1.01. The van der Waals surface area contributed by atoms with E-state index in [2.05, 4.69) is 9.97 Å². The molecule has 1 atom stereocenters. The fourth-order valence-corrected chi connectivity index (χ4v) is 3.70. The summed E-state index contributed by atoms with van der Waals surface area (Å²) in [7, 11) is 0. The number of likely N-dealkylation sites (tertiary alicyclic amines) is 1. The van der Waals surface area contributed by atoms with Crippen LogP contribution in [0.3, 0.4) is 0 Å². The van der Waals surface area contributed by atoms with Gasteiger partial charge in [-0.1, -0.05) is 12.1 Å². The molecule has 0 saturated carbocycles. The average Bonchev–Trinajstić information content (AvgIpc) is 2.78. The second-order valence-corrected chi connectivity index (χ2v) is 7.22. The minimum Gasteiger partial charge on any atom is -0.484 e. The van der Waals surface area contributed by atoms with Gasteiger partial charge in [-0.15, -0.1) is 0 Å². The van der Waals surface area contributed by atoms with Gasteiger partial charge in [0.1, 0.15) is 17.4 Å². The normalized spacial score (nSPS) is 16.3. The third kappa shape index (κ3) is 4.62. The number of carbonyl (C=O) groups excluding carboxylic acids is 1. The molecule has 0 unspecified atom stereocenters. The average molecular weight is 409 g/mol. The largest absolute Gasteiger partial charge is 0.484 e. The van der Waals surface area contributed by atoms with Crippen molar-refractivity contribution in [1.29, 1.82) is 0 Å². The molecule has 7 heteroatoms. The maximum absolute atomic E-state index is 13.7. The second kappa shape index (κ2) is 8.98. The van der Waals surface area contributed by atoms with Gasteiger partial charge in [0.2, 0.25) is 0 Å². The third-order valence-electron chi connectivity index (χ3n) is 5.16. The van der Waals surface area contributed by atoms with Gasteiger partial charge in [0, 0.05) is 37.0 Å². The quantitative estimate of drug-likeness (QED) is 0.634. The van der Waals surface area contributed by atoms with Crippen LogP contribution in [0.1, 0.15) is 24.5 Å². The molecule has 4 rings (SSSR count). The van der Waals surface area contributed by atoms with Crippen LogP contribution in [0.5, 0.6) is 5.75 Å². The Balaban J connectivity index is 1.46. The molecule has 1 saturated heterocycles. The van der Waals surface area contributed by atoms with E-state index >= 15 is 0 Å². The molecule has 2 heterocycles. The first-order chi connectivity index (χ1) is 14.6. The highest BCUT2D eigenvalue weighted by Crippen LogP contribution is 2.32. The number of halogens is 2. The Morgan fingerprint density at radius 1 is 1.07 bits per heavy atom. The SMILES string of the molecule is O=C(COc1ccc(F)cc1)N1CCC[C@@H](c2nccnc2-c2cccc(F)c2)C1. The lowest BCUT2D eigenvalue weighted by atomic mass is 9.91. The first kappa shape index (κ1) is 19.9. The smallest absolute Gasteiger partial charge is 0.260 e. The summed E-state index contributed by atoms with van der Waals surface area (Å²) >= 11 is 0. The molecule has 3 aromatic rings. The van der Waals surface area contributed by atoms with E-state index in [0.29, 0.717) is 30.1 Å². The van der Waals surface area contributed by atoms with Crippen molar-refractivity contribution < 1.29 is 18.3 Å². The van der Waals surface area contributed by atoms with Crippen LogP contribution in [-0.4, -0.2) is 40.5 Å². The monoisotopic (exact) mass is 409 g/mol. The Kier molecular flexibility index (Phi) is 5.97. The fraction of sp³-hybridized carbons (Fsp3) is 0.261. The van der Waals surface area contributed by atoms with Crippen molar-refractivity contribution in [3.63, 3.8) is 0 Å². The molecule has 5 nitrogen and oxygen atoms in total. The molecule has 1 aliphatic heterocycles. The van der Waals surface area contributed by atoms with Gasteiger partial charge >= 0.3 is 0 Å². The van der Waals surface area contributed by atoms with Crippen LogP contribution < -0.4 is 4.74 Å². The van der Waals surface area contributed by atoms with Crippen LogP contribution in [0.4, 0.5) is 8.78 Å². The van der Waals surface area contributed by atoms with Crippen molar-refractivity contribution in [3.8, 4) is 17.0 Å². The Morgan fingerprint density at radius 3 is 2.67 bits per heavy atom. The van der Waals surface area contributed by atoms with Crippen LogP contribution in [0, 0.1) is 11.6 Å². The van der Waals surface area contributed by atoms with Gasteiger partial charge in [0.05, 0.1) is 11.4 Å². The van der Waals surface area contributed by atoms with Crippen LogP contribution in [0.2, 0.25) is 0 Å². The lowest BCUT2D eigenvalue weighted by molar-refractivity contribution is -0.134. The summed E-state index contributed by atoms with van der Waals surface area (Å²) in [5, 5.41) is 0. The van der Waals surface area contributed by atoms with Gasteiger partial charge in [-0.2, -0.15) is 0 Å². The molecule has 30 heavy (non-hydrogen) atoms. The number of carbonyl (C=O) groups is 1. The van der Waals surface area contributed by atoms with Crippen LogP contribution in [0.15, 0.2) is 60.9 Å². The van der Waals surface area contributed by atoms with Crippen molar-refractivity contribution in [3.05, 3.63) is 78.3 Å². The number of piperidine rings is 1. The standard InChI is InChI=1S/C23H21F2N3O2/c24-18-6-8-20(9-7-18)30-15-21(29)28-12-2-4-17(14-28)23-22(26-10-11-27-23)16-3-1-5-19(25)13-16/h1,3,5-11,13,17H,2,4,12,14-15H2/t17-/m1/s1. The molecule has 0 N–H and O–H groups in total. The number of nitrogens with zero attached hydrogens (tertiary/aromatic N) is 3. The molecular weight excluding hydrogens is 388 g/mol. The number of hydrogen-bond donors (Lipinski definition) is 0. The molecular formula is C23H21F2N3O2. The topological polar surface area (TPSA) is 55.3 Å². The van der Waals surface area contributed by atoms with E-state index in [4.69, 9.17) is 4.74 Å². The van der Waals surface area contributed by atoms with Crippen molar-refractivity contribution >= 4 is 5.91 Å². The third-order valence-corrected chi connectivity index (χ3v) is 5.16. The summed E-state index contributed by atoms with van der Waals surface area (Å²) in [6, 6.07) is 11.8. The minimum absolute atomic E-state index is 0.000452. The van der Waals surface area contributed by atoms with E-state index in [1.807, 2.05) is 0 Å². The number of hydrogen-bond acceptors (Lipinski definition) is 4. The van der Waals surface area contributed by atoms with Gasteiger partial charge < -0.3 is 9.64 Å². The van der Waals surface area contributed by atoms with Crippen molar-refractivity contribution in [2.75, 3.05) is 19.7 Å². The van der Waals surface area contributed by atoms with Gasteiger partial charge in [0.15, 0.2) is 6.61 Å². The summed E-state index contributed by atoms with van der Waals surface area (Å²) in [5.74, 6) is -0.380. The zero-order valence-electron chi connectivity index (χ0n) is 16.3. The number of benzene rings is 2. The molecule has 0 radical (unpaired) electrons. The predicted octanol–water partition coefficient (Wildman–Crippen LogP) is 4.21. The highest BCUT2D eigenvalue weighted by atomic mass is 19.1. The minimum atomic E-state index is -0.356. The van der Waals surface area contributed by atoms with E-state index in [9.17, 15) is 13.6 Å². The Morgan fingerprint density at radius 2 is 1.87 bits per heavy atom. The van der Waals surface area contributed by atoms with Crippen molar-refractivity contribution in [2.45, 2.75) is 18.8 Å². The molecule has 0 aliphatic carbocycles. The highest BCUT2D eigenvalue weighted by molar-refractivity contribution is 5.78. The van der Waals surface area contributed by atoms with Gasteiger partial charge in [0.25, 0.3) is 5.91 Å². The molecule has 0 bridgehead atoms. The lowest BCUT2D eigenvalue weighted by Gasteiger charge is -2.33. The summed E-state index contributed by atoms with van der Waals surface area (Å²) in [5.41, 5.74) is 2.07. The first-order valence-electron chi connectivity index (χ1n) is 9.83. The fourth-order valence-electron chi connectivity index (χ4n) is 3.70. The summed E-state index contributed by atoms with van der Waals surface area (Å²) in [6.07, 6.45) is 4.90. The molecule has 1 aromatic heterocycles. The number of amides is 1. The van der Waals surface area contributed by atoms with E-state index in [-0.39, 0.29) is 30.1 Å². The van der Waals surface area contributed by atoms with Gasteiger partial charge in [-0.3, -0.25) is 14.8 Å². The Labute approximate surface area is 173 Å². The summed E-state index contributed by atoms with van der Waals surface area (Å²) in [4.78, 5) is 23.4. The van der Waals surface area contributed by atoms with Gasteiger partial charge in [-0.25, -0.2) is 8.78 Å². The maximum Gasteiger partial charge on any atom is 0.260 e. The zero-order chi connectivity index (χ0) is 20.9. The molecule has 1 fully saturated rings. The number of rotatable bonds is 5. The van der Waals surface area contributed by atoms with Crippen LogP contribution >= 0.6 is 0 Å². The van der Waals surface area contributed by atoms with E-state index in [0.717, 1.165) is 18.5 Å². The number of ether oxygens (including phenoxy) is 1. The Bertz CT molecular complexity index is 1030. The van der Waals surface area contributed by atoms with E-state index in [1.54, 1.807) is 29.4 Å². The highest BCUT2D eigenvalue weighted by Gasteiger charge is 2.28. The van der Waals surface area contributed by atoms with Crippen molar-refractivity contribution in [2.24, 2.45) is 0 Å². The zero-order valence-corrected chi connectivity index (χ0v) is 16.3. The lowest BCUT2D eigenvalue weighted by Crippen LogP contribution is -2.41. The molecule has 1 amide bonds. The van der Waals surface area contributed by atoms with Crippen molar-refractivity contribution in [1.82, 2.24) is 14.9 Å². The van der Waals surface area contributed by atoms with Crippen LogP contribution in [0.25, 0.3) is 11.3 Å². The Hall–Kier alpha value is -3.35. The molecule has 1 aliphatic rings. The second-order valence-electron chi connectivity index (χ2n) is 7.22. The molecule has 0 spiro atoms. The number of aromatic nitrogens is 2.